The monoisotopic (exact) mass is 476 g/mol. The number of carbonyl (C=O) groups excluding carboxylic acids is 1. The number of anilines is 1. The smallest absolute Gasteiger partial charge is 0.266 e. The van der Waals surface area contributed by atoms with Crippen molar-refractivity contribution in [3.05, 3.63) is 70.5 Å². The van der Waals surface area contributed by atoms with Gasteiger partial charge in [0.2, 0.25) is 5.91 Å². The van der Waals surface area contributed by atoms with Crippen LogP contribution in [0, 0.1) is 5.92 Å². The van der Waals surface area contributed by atoms with Gasteiger partial charge in [-0.2, -0.15) is 5.10 Å². The summed E-state index contributed by atoms with van der Waals surface area (Å²) in [5.74, 6) is 1.24. The molecular weight excluding hydrogens is 452 g/mol. The highest BCUT2D eigenvalue weighted by Gasteiger charge is 2.26. The Morgan fingerprint density at radius 3 is 2.79 bits per heavy atom. The van der Waals surface area contributed by atoms with Crippen LogP contribution >= 0.6 is 11.3 Å². The van der Waals surface area contributed by atoms with Gasteiger partial charge in [0.25, 0.3) is 5.56 Å². The van der Waals surface area contributed by atoms with Crippen LogP contribution in [-0.4, -0.2) is 45.5 Å². The van der Waals surface area contributed by atoms with Crippen molar-refractivity contribution in [1.82, 2.24) is 25.3 Å². The first-order chi connectivity index (χ1) is 16.7. The lowest BCUT2D eigenvalue weighted by molar-refractivity contribution is -0.125. The largest absolute Gasteiger partial charge is 0.463 e. The lowest BCUT2D eigenvalue weighted by atomic mass is 9.97. The standard InChI is InChI=1S/C24H24N6O3S/c31-23-10-8-19(21-6-3-15-34-21)28-30(23)13-11-25-24(32)17-4-1-12-29(16-17)22-9-7-18(26-27-22)20-5-2-14-33-20/h2-3,5-10,14-15,17H,1,4,11-13,16H2,(H,25,32). The fraction of sp³-hybridized carbons (Fsp3) is 0.292. The average molecular weight is 477 g/mol. The van der Waals surface area contributed by atoms with Gasteiger partial charge in [-0.25, -0.2) is 4.68 Å². The number of piperidine rings is 1. The number of thiophene rings is 1. The van der Waals surface area contributed by atoms with E-state index in [-0.39, 0.29) is 17.4 Å². The Morgan fingerprint density at radius 1 is 1.12 bits per heavy atom. The van der Waals surface area contributed by atoms with E-state index in [2.05, 4.69) is 25.5 Å². The second-order valence-corrected chi connectivity index (χ2v) is 9.04. The number of amides is 1. The summed E-state index contributed by atoms with van der Waals surface area (Å²) in [6, 6.07) is 14.6. The first-order valence-corrected chi connectivity index (χ1v) is 12.1. The van der Waals surface area contributed by atoms with Gasteiger partial charge in [-0.1, -0.05) is 6.07 Å². The number of hydrogen-bond acceptors (Lipinski definition) is 8. The molecule has 0 bridgehead atoms. The average Bonchev–Trinajstić information content (AvgIpc) is 3.60. The van der Waals surface area contributed by atoms with Crippen LogP contribution in [0.15, 0.2) is 69.4 Å². The molecule has 9 nitrogen and oxygen atoms in total. The summed E-state index contributed by atoms with van der Waals surface area (Å²) in [6.45, 7) is 2.06. The van der Waals surface area contributed by atoms with Crippen molar-refractivity contribution in [2.24, 2.45) is 5.92 Å². The molecule has 174 valence electrons. The molecule has 4 aromatic rings. The Kier molecular flexibility index (Phi) is 6.48. The third-order valence-electron chi connectivity index (χ3n) is 5.80. The van der Waals surface area contributed by atoms with Crippen LogP contribution in [0.4, 0.5) is 5.82 Å². The van der Waals surface area contributed by atoms with Crippen LogP contribution in [-0.2, 0) is 11.3 Å². The van der Waals surface area contributed by atoms with Gasteiger partial charge in [-0.15, -0.1) is 21.5 Å². The molecule has 1 aliphatic heterocycles. The molecule has 0 radical (unpaired) electrons. The number of furan rings is 1. The normalized spacial score (nSPS) is 15.9. The van der Waals surface area contributed by atoms with Crippen LogP contribution < -0.4 is 15.8 Å². The zero-order valence-corrected chi connectivity index (χ0v) is 19.3. The van der Waals surface area contributed by atoms with Crippen molar-refractivity contribution in [3.63, 3.8) is 0 Å². The van der Waals surface area contributed by atoms with E-state index in [1.807, 2.05) is 41.8 Å². The van der Waals surface area contributed by atoms with Gasteiger partial charge in [0.15, 0.2) is 11.6 Å². The van der Waals surface area contributed by atoms with E-state index in [9.17, 15) is 9.59 Å². The predicted molar refractivity (Wildman–Crippen MR) is 129 cm³/mol. The van der Waals surface area contributed by atoms with Crippen molar-refractivity contribution in [2.75, 3.05) is 24.5 Å². The van der Waals surface area contributed by atoms with Gasteiger partial charge in [-0.3, -0.25) is 9.59 Å². The van der Waals surface area contributed by atoms with Crippen molar-refractivity contribution >= 4 is 23.1 Å². The number of aromatic nitrogens is 4. The number of carbonyl (C=O) groups is 1. The molecule has 1 unspecified atom stereocenters. The quantitative estimate of drug-likeness (QED) is 0.437. The minimum absolute atomic E-state index is 0.0210. The summed E-state index contributed by atoms with van der Waals surface area (Å²) < 4.78 is 6.76. The Labute approximate surface area is 200 Å². The lowest BCUT2D eigenvalue weighted by Crippen LogP contribution is -2.44. The summed E-state index contributed by atoms with van der Waals surface area (Å²) in [4.78, 5) is 28.1. The SMILES string of the molecule is O=C(NCCn1nc(-c2cccs2)ccc1=O)C1CCCN(c2ccc(-c3ccco3)nn2)C1. The van der Waals surface area contributed by atoms with Crippen LogP contribution in [0.25, 0.3) is 22.0 Å². The second kappa shape index (κ2) is 10.0. The van der Waals surface area contributed by atoms with E-state index in [1.165, 1.54) is 10.7 Å². The van der Waals surface area contributed by atoms with Crippen molar-refractivity contribution < 1.29 is 9.21 Å². The van der Waals surface area contributed by atoms with Gasteiger partial charge >= 0.3 is 0 Å². The van der Waals surface area contributed by atoms with Gasteiger partial charge < -0.3 is 14.6 Å². The highest BCUT2D eigenvalue weighted by molar-refractivity contribution is 7.13. The highest BCUT2D eigenvalue weighted by atomic mass is 32.1. The van der Waals surface area contributed by atoms with Gasteiger partial charge in [-0.05, 0) is 54.6 Å². The number of nitrogens with zero attached hydrogens (tertiary/aromatic N) is 5. The maximum atomic E-state index is 12.8. The molecule has 5 heterocycles. The molecule has 0 aromatic carbocycles. The van der Waals surface area contributed by atoms with Crippen LogP contribution in [0.1, 0.15) is 12.8 Å². The zero-order valence-electron chi connectivity index (χ0n) is 18.5. The summed E-state index contributed by atoms with van der Waals surface area (Å²) in [5, 5.41) is 18.0. The molecular formula is C24H24N6O3S. The molecule has 1 saturated heterocycles. The van der Waals surface area contributed by atoms with Crippen LogP contribution in [0.2, 0.25) is 0 Å². The zero-order chi connectivity index (χ0) is 23.3. The van der Waals surface area contributed by atoms with Crippen LogP contribution in [0.5, 0.6) is 0 Å². The Morgan fingerprint density at radius 2 is 2.03 bits per heavy atom. The van der Waals surface area contributed by atoms with E-state index in [0.29, 0.717) is 31.1 Å². The molecule has 1 fully saturated rings. The first-order valence-electron chi connectivity index (χ1n) is 11.2. The van der Waals surface area contributed by atoms with Crippen molar-refractivity contribution in [2.45, 2.75) is 19.4 Å². The van der Waals surface area contributed by atoms with Crippen molar-refractivity contribution in [3.8, 4) is 22.0 Å². The Bertz CT molecular complexity index is 1290. The second-order valence-electron chi connectivity index (χ2n) is 8.09. The summed E-state index contributed by atoms with van der Waals surface area (Å²) in [6.07, 6.45) is 3.31. The number of nitrogens with one attached hydrogen (secondary N) is 1. The topological polar surface area (TPSA) is 106 Å². The Balaban J connectivity index is 1.16. The van der Waals surface area contributed by atoms with Gasteiger partial charge in [0.05, 0.1) is 23.6 Å². The van der Waals surface area contributed by atoms with E-state index in [4.69, 9.17) is 4.42 Å². The third kappa shape index (κ3) is 4.91. The lowest BCUT2D eigenvalue weighted by Gasteiger charge is -2.32. The summed E-state index contributed by atoms with van der Waals surface area (Å²) >= 11 is 1.57. The van der Waals surface area contributed by atoms with Crippen molar-refractivity contribution in [1.29, 1.82) is 0 Å². The highest BCUT2D eigenvalue weighted by Crippen LogP contribution is 2.24. The fourth-order valence-electron chi connectivity index (χ4n) is 4.04. The number of rotatable bonds is 7. The van der Waals surface area contributed by atoms with E-state index in [0.717, 1.165) is 35.8 Å². The van der Waals surface area contributed by atoms with Crippen LogP contribution in [0.3, 0.4) is 0 Å². The summed E-state index contributed by atoms with van der Waals surface area (Å²) in [5.41, 5.74) is 1.24. The Hall–Kier alpha value is -3.79. The molecule has 1 aliphatic rings. The molecule has 1 N–H and O–H groups in total. The predicted octanol–water partition coefficient (Wildman–Crippen LogP) is 3.05. The summed E-state index contributed by atoms with van der Waals surface area (Å²) in [7, 11) is 0. The molecule has 10 heteroatoms. The molecule has 0 saturated carbocycles. The molecule has 1 amide bonds. The van der Waals surface area contributed by atoms with E-state index >= 15 is 0 Å². The maximum Gasteiger partial charge on any atom is 0.266 e. The van der Waals surface area contributed by atoms with Gasteiger partial charge in [0.1, 0.15) is 11.4 Å². The molecule has 34 heavy (non-hydrogen) atoms. The van der Waals surface area contributed by atoms with E-state index < -0.39 is 0 Å². The minimum atomic E-state index is -0.185. The van der Waals surface area contributed by atoms with E-state index in [1.54, 1.807) is 23.7 Å². The maximum absolute atomic E-state index is 12.8. The fourth-order valence-corrected chi connectivity index (χ4v) is 4.73. The molecule has 1 atom stereocenters. The van der Waals surface area contributed by atoms with Gasteiger partial charge in [0, 0.05) is 25.7 Å². The first kappa shape index (κ1) is 22.0. The molecule has 4 aromatic heterocycles. The molecule has 5 rings (SSSR count). The molecule has 0 aliphatic carbocycles. The third-order valence-corrected chi connectivity index (χ3v) is 6.70. The number of hydrogen-bond donors (Lipinski definition) is 1. The molecule has 0 spiro atoms. The minimum Gasteiger partial charge on any atom is -0.463 e.